The van der Waals surface area contributed by atoms with Gasteiger partial charge in [0.25, 0.3) is 0 Å². The molecule has 2 aromatic rings. The molecule has 0 atom stereocenters. The van der Waals surface area contributed by atoms with Crippen molar-refractivity contribution in [2.45, 2.75) is 20.0 Å². The number of pyridine rings is 1. The Morgan fingerprint density at radius 2 is 2.05 bits per heavy atom. The van der Waals surface area contributed by atoms with Crippen molar-refractivity contribution in [2.75, 3.05) is 6.61 Å². The quantitative estimate of drug-likeness (QED) is 0.860. The molecule has 0 aromatic carbocycles. The number of nitrogens with zero attached hydrogens (tertiary/aromatic N) is 3. The van der Waals surface area contributed by atoms with Crippen molar-refractivity contribution in [3.63, 3.8) is 0 Å². The maximum atomic E-state index is 12.7. The van der Waals surface area contributed by atoms with Crippen molar-refractivity contribution >= 4 is 21.6 Å². The molecular formula is C11H11BrF3N3O. The van der Waals surface area contributed by atoms with E-state index in [0.29, 0.717) is 10.4 Å². The summed E-state index contributed by atoms with van der Waals surface area (Å²) >= 11 is 3.10. The Labute approximate surface area is 115 Å². The van der Waals surface area contributed by atoms with Crippen LogP contribution in [0.1, 0.15) is 13.8 Å². The minimum absolute atomic E-state index is 0.262. The van der Waals surface area contributed by atoms with E-state index in [1.54, 1.807) is 18.3 Å². The van der Waals surface area contributed by atoms with Crippen LogP contribution in [-0.2, 0) is 0 Å². The van der Waals surface area contributed by atoms with E-state index in [4.69, 9.17) is 4.74 Å². The molecule has 0 N–H and O–H groups in total. The zero-order chi connectivity index (χ0) is 14.3. The molecule has 0 amide bonds. The van der Waals surface area contributed by atoms with Gasteiger partial charge in [0.05, 0.1) is 5.41 Å². The number of halogens is 4. The summed E-state index contributed by atoms with van der Waals surface area (Å²) in [5.74, 6) is 0.262. The SMILES string of the molecule is CC(C)(COc1cccn2nc(Br)nc12)C(F)(F)F. The second-order valence-corrected chi connectivity index (χ2v) is 5.40. The van der Waals surface area contributed by atoms with Gasteiger partial charge in [-0.3, -0.25) is 0 Å². The van der Waals surface area contributed by atoms with Crippen LogP contribution in [0, 0.1) is 5.41 Å². The summed E-state index contributed by atoms with van der Waals surface area (Å²) in [6.45, 7) is 1.69. The van der Waals surface area contributed by atoms with Crippen LogP contribution in [0.4, 0.5) is 13.2 Å². The van der Waals surface area contributed by atoms with Crippen LogP contribution >= 0.6 is 15.9 Å². The Morgan fingerprint density at radius 1 is 1.37 bits per heavy atom. The molecule has 0 aliphatic carbocycles. The summed E-state index contributed by atoms with van der Waals surface area (Å²) in [4.78, 5) is 4.04. The lowest BCUT2D eigenvalue weighted by Gasteiger charge is -2.27. The largest absolute Gasteiger partial charge is 0.489 e. The lowest BCUT2D eigenvalue weighted by molar-refractivity contribution is -0.219. The molecule has 0 radical (unpaired) electrons. The van der Waals surface area contributed by atoms with Crippen molar-refractivity contribution in [3.8, 4) is 5.75 Å². The molecular weight excluding hydrogens is 327 g/mol. The van der Waals surface area contributed by atoms with E-state index in [2.05, 4.69) is 26.0 Å². The third kappa shape index (κ3) is 2.83. The van der Waals surface area contributed by atoms with Crippen LogP contribution in [0.15, 0.2) is 23.1 Å². The predicted octanol–water partition coefficient (Wildman–Crippen LogP) is 3.46. The van der Waals surface area contributed by atoms with E-state index in [1.807, 2.05) is 0 Å². The standard InChI is InChI=1S/C11H11BrF3N3O/c1-10(2,11(13,14)15)6-19-7-4-3-5-18-8(7)16-9(12)17-18/h3-5H,6H2,1-2H3. The normalized spacial score (nSPS) is 12.9. The number of hydrogen-bond donors (Lipinski definition) is 0. The maximum Gasteiger partial charge on any atom is 0.397 e. The Morgan fingerprint density at radius 3 is 2.68 bits per heavy atom. The second-order valence-electron chi connectivity index (χ2n) is 4.69. The number of hydrogen-bond acceptors (Lipinski definition) is 3. The van der Waals surface area contributed by atoms with Crippen LogP contribution in [-0.4, -0.2) is 27.4 Å². The summed E-state index contributed by atoms with van der Waals surface area (Å²) in [6, 6.07) is 3.19. The highest BCUT2D eigenvalue weighted by atomic mass is 79.9. The van der Waals surface area contributed by atoms with Gasteiger partial charge in [0.2, 0.25) is 4.73 Å². The summed E-state index contributed by atoms with van der Waals surface area (Å²) in [5.41, 5.74) is -1.57. The Balaban J connectivity index is 2.23. The number of aromatic nitrogens is 3. The third-order valence-electron chi connectivity index (χ3n) is 2.66. The Kier molecular flexibility index (Phi) is 3.46. The molecule has 4 nitrogen and oxygen atoms in total. The van der Waals surface area contributed by atoms with Crippen molar-refractivity contribution < 1.29 is 17.9 Å². The van der Waals surface area contributed by atoms with E-state index in [0.717, 1.165) is 13.8 Å². The Bertz CT molecular complexity index is 594. The van der Waals surface area contributed by atoms with Gasteiger partial charge in [0.15, 0.2) is 11.4 Å². The van der Waals surface area contributed by atoms with Gasteiger partial charge < -0.3 is 4.74 Å². The number of alkyl halides is 3. The van der Waals surface area contributed by atoms with Gasteiger partial charge in [-0.25, -0.2) is 4.52 Å². The molecule has 0 saturated heterocycles. The van der Waals surface area contributed by atoms with Crippen molar-refractivity contribution in [3.05, 3.63) is 23.1 Å². The molecule has 0 aliphatic rings. The van der Waals surface area contributed by atoms with E-state index in [-0.39, 0.29) is 5.75 Å². The van der Waals surface area contributed by atoms with E-state index in [9.17, 15) is 13.2 Å². The first kappa shape index (κ1) is 14.1. The zero-order valence-electron chi connectivity index (χ0n) is 10.2. The molecule has 0 saturated carbocycles. The average Bonchev–Trinajstić information content (AvgIpc) is 2.65. The lowest BCUT2D eigenvalue weighted by Crippen LogP contribution is -2.37. The van der Waals surface area contributed by atoms with Gasteiger partial charge in [-0.1, -0.05) is 0 Å². The highest BCUT2D eigenvalue weighted by molar-refractivity contribution is 9.10. The summed E-state index contributed by atoms with van der Waals surface area (Å²) < 4.78 is 45.2. The fraction of sp³-hybridized carbons (Fsp3) is 0.455. The van der Waals surface area contributed by atoms with Crippen LogP contribution < -0.4 is 4.74 Å². The number of ether oxygens (including phenoxy) is 1. The zero-order valence-corrected chi connectivity index (χ0v) is 11.8. The van der Waals surface area contributed by atoms with E-state index < -0.39 is 18.2 Å². The van der Waals surface area contributed by atoms with Crippen LogP contribution in [0.3, 0.4) is 0 Å². The minimum Gasteiger partial charge on any atom is -0.489 e. The molecule has 19 heavy (non-hydrogen) atoms. The first-order valence-corrected chi connectivity index (χ1v) is 6.20. The van der Waals surface area contributed by atoms with Crippen LogP contribution in [0.2, 0.25) is 0 Å². The van der Waals surface area contributed by atoms with Gasteiger partial charge in [-0.2, -0.15) is 18.2 Å². The fourth-order valence-corrected chi connectivity index (χ4v) is 1.65. The molecule has 0 fully saturated rings. The molecule has 104 valence electrons. The Hall–Kier alpha value is -1.31. The second kappa shape index (κ2) is 4.66. The van der Waals surface area contributed by atoms with Crippen molar-refractivity contribution in [1.82, 2.24) is 14.6 Å². The van der Waals surface area contributed by atoms with Crippen molar-refractivity contribution in [1.29, 1.82) is 0 Å². The number of rotatable bonds is 3. The first-order valence-electron chi connectivity index (χ1n) is 5.41. The number of fused-ring (bicyclic) bond motifs is 1. The summed E-state index contributed by atoms with van der Waals surface area (Å²) in [6.07, 6.45) is -2.69. The molecule has 8 heteroatoms. The smallest absolute Gasteiger partial charge is 0.397 e. The summed E-state index contributed by atoms with van der Waals surface area (Å²) in [7, 11) is 0. The van der Waals surface area contributed by atoms with Gasteiger partial charge in [0, 0.05) is 6.20 Å². The van der Waals surface area contributed by atoms with Crippen molar-refractivity contribution in [2.24, 2.45) is 5.41 Å². The highest BCUT2D eigenvalue weighted by Gasteiger charge is 2.48. The highest BCUT2D eigenvalue weighted by Crippen LogP contribution is 2.38. The molecule has 0 unspecified atom stereocenters. The van der Waals surface area contributed by atoms with Crippen LogP contribution in [0.25, 0.3) is 5.65 Å². The molecule has 2 aromatic heterocycles. The first-order chi connectivity index (χ1) is 8.71. The van der Waals surface area contributed by atoms with Gasteiger partial charge in [0.1, 0.15) is 6.61 Å². The van der Waals surface area contributed by atoms with E-state index in [1.165, 1.54) is 4.52 Å². The van der Waals surface area contributed by atoms with Gasteiger partial charge in [-0.05, 0) is 41.9 Å². The van der Waals surface area contributed by atoms with E-state index >= 15 is 0 Å². The average molecular weight is 338 g/mol. The molecule has 2 rings (SSSR count). The fourth-order valence-electron chi connectivity index (χ4n) is 1.31. The van der Waals surface area contributed by atoms with Gasteiger partial charge in [-0.15, -0.1) is 5.10 Å². The molecule has 2 heterocycles. The molecule has 0 bridgehead atoms. The predicted molar refractivity (Wildman–Crippen MR) is 66.0 cm³/mol. The van der Waals surface area contributed by atoms with Crippen LogP contribution in [0.5, 0.6) is 5.75 Å². The third-order valence-corrected chi connectivity index (χ3v) is 2.99. The molecule has 0 aliphatic heterocycles. The summed E-state index contributed by atoms with van der Waals surface area (Å²) in [5, 5.41) is 3.99. The monoisotopic (exact) mass is 337 g/mol. The lowest BCUT2D eigenvalue weighted by atomic mass is 9.94. The minimum atomic E-state index is -4.33. The van der Waals surface area contributed by atoms with Gasteiger partial charge >= 0.3 is 6.18 Å². The molecule has 0 spiro atoms. The topological polar surface area (TPSA) is 39.4 Å². The maximum absolute atomic E-state index is 12.7.